The lowest BCUT2D eigenvalue weighted by Gasteiger charge is -2.39. The topological polar surface area (TPSA) is 15.3 Å². The molecule has 0 aromatic carbocycles. The molecule has 1 aliphatic carbocycles. The van der Waals surface area contributed by atoms with Crippen LogP contribution in [-0.4, -0.2) is 37.1 Å². The Kier molecular flexibility index (Phi) is 7.70. The predicted molar refractivity (Wildman–Crippen MR) is 94.8 cm³/mol. The van der Waals surface area contributed by atoms with E-state index in [0.717, 1.165) is 5.92 Å². The van der Waals surface area contributed by atoms with Gasteiger partial charge in [0.25, 0.3) is 0 Å². The summed E-state index contributed by atoms with van der Waals surface area (Å²) in [6, 6.07) is 0. The first-order chi connectivity index (χ1) is 9.76. The quantitative estimate of drug-likeness (QED) is 0.685. The molecule has 1 saturated carbocycles. The van der Waals surface area contributed by atoms with Crippen molar-refractivity contribution in [2.24, 2.45) is 11.3 Å². The molecule has 2 heteroatoms. The first-order valence-electron chi connectivity index (χ1n) is 9.20. The molecule has 1 rings (SSSR count). The third kappa shape index (κ3) is 7.65. The molecule has 0 saturated heterocycles. The van der Waals surface area contributed by atoms with Gasteiger partial charge in [-0.25, -0.2) is 0 Å². The molecular weight excluding hydrogens is 256 g/mol. The van der Waals surface area contributed by atoms with Crippen molar-refractivity contribution in [1.29, 1.82) is 0 Å². The summed E-state index contributed by atoms with van der Waals surface area (Å²) < 4.78 is 0. The van der Waals surface area contributed by atoms with Gasteiger partial charge in [-0.1, -0.05) is 46.0 Å². The summed E-state index contributed by atoms with van der Waals surface area (Å²) in [6.07, 6.45) is 9.81. The Morgan fingerprint density at radius 3 is 2.14 bits per heavy atom. The first-order valence-corrected chi connectivity index (χ1v) is 9.20. The zero-order valence-corrected chi connectivity index (χ0v) is 15.6. The zero-order valence-electron chi connectivity index (χ0n) is 15.6. The average Bonchev–Trinajstić information content (AvgIpc) is 2.61. The number of hydrogen-bond donors (Lipinski definition) is 1. The van der Waals surface area contributed by atoms with E-state index in [0.29, 0.717) is 5.41 Å². The molecule has 0 bridgehead atoms. The molecule has 21 heavy (non-hydrogen) atoms. The van der Waals surface area contributed by atoms with Crippen LogP contribution in [0.25, 0.3) is 0 Å². The van der Waals surface area contributed by atoms with Gasteiger partial charge < -0.3 is 10.2 Å². The average molecular weight is 297 g/mol. The fourth-order valence-corrected chi connectivity index (χ4v) is 3.62. The smallest absolute Gasteiger partial charge is 0.00967 e. The summed E-state index contributed by atoms with van der Waals surface area (Å²) in [6.45, 7) is 15.3. The van der Waals surface area contributed by atoms with Crippen molar-refractivity contribution in [3.8, 4) is 0 Å². The van der Waals surface area contributed by atoms with E-state index in [9.17, 15) is 0 Å². The maximum atomic E-state index is 3.81. The SMILES string of the molecule is CCC(C)CN(C)CC1(CNC(C)(C)C)CCCCCC1. The van der Waals surface area contributed by atoms with Gasteiger partial charge in [0.1, 0.15) is 0 Å². The van der Waals surface area contributed by atoms with Crippen LogP contribution in [-0.2, 0) is 0 Å². The van der Waals surface area contributed by atoms with E-state index in [2.05, 4.69) is 51.9 Å². The molecule has 1 unspecified atom stereocenters. The van der Waals surface area contributed by atoms with Crippen molar-refractivity contribution in [1.82, 2.24) is 10.2 Å². The summed E-state index contributed by atoms with van der Waals surface area (Å²) in [5.41, 5.74) is 0.723. The van der Waals surface area contributed by atoms with Crippen LogP contribution in [0.3, 0.4) is 0 Å². The minimum absolute atomic E-state index is 0.231. The Bertz CT molecular complexity index is 272. The zero-order chi connectivity index (χ0) is 15.9. The minimum Gasteiger partial charge on any atom is -0.311 e. The van der Waals surface area contributed by atoms with Gasteiger partial charge in [-0.2, -0.15) is 0 Å². The highest BCUT2D eigenvalue weighted by atomic mass is 15.1. The molecule has 0 radical (unpaired) electrons. The van der Waals surface area contributed by atoms with E-state index in [4.69, 9.17) is 0 Å². The van der Waals surface area contributed by atoms with Crippen molar-refractivity contribution >= 4 is 0 Å². The molecule has 0 amide bonds. The Balaban J connectivity index is 2.66. The van der Waals surface area contributed by atoms with Gasteiger partial charge >= 0.3 is 0 Å². The molecule has 1 aliphatic rings. The minimum atomic E-state index is 0.231. The molecule has 0 heterocycles. The van der Waals surface area contributed by atoms with Gasteiger partial charge in [0.2, 0.25) is 0 Å². The lowest BCUT2D eigenvalue weighted by Crippen LogP contribution is -2.48. The van der Waals surface area contributed by atoms with Crippen molar-refractivity contribution in [3.63, 3.8) is 0 Å². The van der Waals surface area contributed by atoms with Crippen LogP contribution in [0, 0.1) is 11.3 Å². The summed E-state index contributed by atoms with van der Waals surface area (Å²) in [5, 5.41) is 3.81. The monoisotopic (exact) mass is 296 g/mol. The summed E-state index contributed by atoms with van der Waals surface area (Å²) in [5.74, 6) is 0.813. The number of nitrogens with one attached hydrogen (secondary N) is 1. The van der Waals surface area contributed by atoms with Gasteiger partial charge in [0.15, 0.2) is 0 Å². The Morgan fingerprint density at radius 2 is 1.67 bits per heavy atom. The van der Waals surface area contributed by atoms with Crippen LogP contribution in [0.5, 0.6) is 0 Å². The van der Waals surface area contributed by atoms with Crippen molar-refractivity contribution < 1.29 is 0 Å². The highest BCUT2D eigenvalue weighted by Gasteiger charge is 2.33. The third-order valence-electron chi connectivity index (χ3n) is 5.08. The van der Waals surface area contributed by atoms with Crippen LogP contribution < -0.4 is 5.32 Å². The van der Waals surface area contributed by atoms with Crippen molar-refractivity contribution in [3.05, 3.63) is 0 Å². The molecule has 0 aromatic heterocycles. The fourth-order valence-electron chi connectivity index (χ4n) is 3.62. The second-order valence-corrected chi connectivity index (χ2v) is 8.73. The highest BCUT2D eigenvalue weighted by molar-refractivity contribution is 4.88. The van der Waals surface area contributed by atoms with Crippen molar-refractivity contribution in [2.45, 2.75) is 85.1 Å². The van der Waals surface area contributed by atoms with Crippen LogP contribution in [0.1, 0.15) is 79.6 Å². The van der Waals surface area contributed by atoms with Crippen molar-refractivity contribution in [2.75, 3.05) is 26.7 Å². The number of rotatable bonds is 7. The van der Waals surface area contributed by atoms with Crippen LogP contribution in [0.4, 0.5) is 0 Å². The van der Waals surface area contributed by atoms with E-state index in [1.165, 1.54) is 64.6 Å². The van der Waals surface area contributed by atoms with E-state index in [-0.39, 0.29) is 5.54 Å². The summed E-state index contributed by atoms with van der Waals surface area (Å²) in [7, 11) is 2.33. The Labute approximate surface area is 134 Å². The van der Waals surface area contributed by atoms with Gasteiger partial charge in [0, 0.05) is 25.2 Å². The Morgan fingerprint density at radius 1 is 1.10 bits per heavy atom. The molecule has 1 fully saturated rings. The molecule has 1 atom stereocenters. The lowest BCUT2D eigenvalue weighted by atomic mass is 9.79. The predicted octanol–water partition coefficient (Wildman–Crippen LogP) is 4.69. The third-order valence-corrected chi connectivity index (χ3v) is 5.08. The first kappa shape index (κ1) is 19.0. The molecule has 2 nitrogen and oxygen atoms in total. The largest absolute Gasteiger partial charge is 0.311 e. The van der Waals surface area contributed by atoms with E-state index in [1.807, 2.05) is 0 Å². The molecule has 0 spiro atoms. The molecule has 0 aliphatic heterocycles. The summed E-state index contributed by atoms with van der Waals surface area (Å²) >= 11 is 0. The van der Waals surface area contributed by atoms with Gasteiger partial charge in [0.05, 0.1) is 0 Å². The molecule has 126 valence electrons. The maximum Gasteiger partial charge on any atom is 0.00967 e. The molecular formula is C19H40N2. The van der Waals surface area contributed by atoms with Gasteiger partial charge in [-0.3, -0.25) is 0 Å². The standard InChI is InChI=1S/C19H40N2/c1-7-17(2)14-21(6)16-19(15-20-18(3,4)5)12-10-8-9-11-13-19/h17,20H,7-16H2,1-6H3. The van der Waals surface area contributed by atoms with E-state index in [1.54, 1.807) is 0 Å². The summed E-state index contributed by atoms with van der Waals surface area (Å²) in [4.78, 5) is 2.60. The maximum absolute atomic E-state index is 3.81. The highest BCUT2D eigenvalue weighted by Crippen LogP contribution is 2.36. The second-order valence-electron chi connectivity index (χ2n) is 8.73. The van der Waals surface area contributed by atoms with E-state index >= 15 is 0 Å². The lowest BCUT2D eigenvalue weighted by molar-refractivity contribution is 0.126. The number of hydrogen-bond acceptors (Lipinski definition) is 2. The van der Waals surface area contributed by atoms with Gasteiger partial charge in [-0.15, -0.1) is 0 Å². The second kappa shape index (κ2) is 8.53. The van der Waals surface area contributed by atoms with Gasteiger partial charge in [-0.05, 0) is 52.0 Å². The Hall–Kier alpha value is -0.0800. The van der Waals surface area contributed by atoms with Crippen LogP contribution in [0.15, 0.2) is 0 Å². The van der Waals surface area contributed by atoms with Crippen LogP contribution in [0.2, 0.25) is 0 Å². The molecule has 0 aromatic rings. The normalized spacial score (nSPS) is 21.3. The number of nitrogens with zero attached hydrogens (tertiary/aromatic N) is 1. The van der Waals surface area contributed by atoms with E-state index < -0.39 is 0 Å². The fraction of sp³-hybridized carbons (Fsp3) is 1.00. The molecule has 1 N–H and O–H groups in total. The van der Waals surface area contributed by atoms with Crippen LogP contribution >= 0.6 is 0 Å².